The van der Waals surface area contributed by atoms with E-state index in [0.717, 1.165) is 51.8 Å². The van der Waals surface area contributed by atoms with Gasteiger partial charge in [0.2, 0.25) is 5.91 Å². The number of halogens is 2. The van der Waals surface area contributed by atoms with E-state index in [4.69, 9.17) is 28.2 Å². The molecule has 2 aromatic carbocycles. The molecule has 35 heavy (non-hydrogen) atoms. The third-order valence-corrected chi connectivity index (χ3v) is 7.14. The Morgan fingerprint density at radius 2 is 1.97 bits per heavy atom. The van der Waals surface area contributed by atoms with Gasteiger partial charge in [0.1, 0.15) is 5.82 Å². The van der Waals surface area contributed by atoms with Crippen molar-refractivity contribution in [3.8, 4) is 0 Å². The van der Waals surface area contributed by atoms with Gasteiger partial charge in [0.05, 0.1) is 21.7 Å². The molecule has 1 aliphatic heterocycles. The van der Waals surface area contributed by atoms with Gasteiger partial charge in [0, 0.05) is 42.5 Å². The van der Waals surface area contributed by atoms with Gasteiger partial charge in [-0.3, -0.25) is 4.79 Å². The first-order valence-electron chi connectivity index (χ1n) is 12.2. The van der Waals surface area contributed by atoms with Crippen LogP contribution in [0.1, 0.15) is 50.6 Å². The fraction of sp³-hybridized carbons (Fsp3) is 0.481. The van der Waals surface area contributed by atoms with E-state index >= 15 is 0 Å². The van der Waals surface area contributed by atoms with Gasteiger partial charge in [-0.1, -0.05) is 56.1 Å². The summed E-state index contributed by atoms with van der Waals surface area (Å²) in [5, 5.41) is 4.42. The van der Waals surface area contributed by atoms with Crippen LogP contribution in [0, 0.1) is 5.41 Å². The number of likely N-dealkylation sites (N-methyl/N-ethyl adjacent to an activating group) is 1. The molecule has 3 aromatic rings. The molecule has 1 aromatic heterocycles. The topological polar surface area (TPSA) is 64.3 Å². The highest BCUT2D eigenvalue weighted by molar-refractivity contribution is 6.34. The molecule has 0 bridgehead atoms. The number of nitrogens with zero attached hydrogens (tertiary/aromatic N) is 3. The Labute approximate surface area is 218 Å². The average Bonchev–Trinajstić information content (AvgIpc) is 3.38. The normalized spacial score (nSPS) is 16.5. The molecule has 188 valence electrons. The van der Waals surface area contributed by atoms with Crippen LogP contribution in [0.3, 0.4) is 0 Å². The molecular weight excluding hydrogens is 481 g/mol. The van der Waals surface area contributed by atoms with Crippen LogP contribution in [0.15, 0.2) is 30.3 Å². The van der Waals surface area contributed by atoms with E-state index in [1.54, 1.807) is 0 Å². The predicted molar refractivity (Wildman–Crippen MR) is 146 cm³/mol. The van der Waals surface area contributed by atoms with Crippen molar-refractivity contribution < 1.29 is 4.79 Å². The van der Waals surface area contributed by atoms with Gasteiger partial charge >= 0.3 is 0 Å². The van der Waals surface area contributed by atoms with Gasteiger partial charge in [-0.2, -0.15) is 0 Å². The molecule has 0 saturated carbocycles. The summed E-state index contributed by atoms with van der Waals surface area (Å²) in [5.74, 6) is 0.849. The number of benzene rings is 2. The SMILES string of the molecule is CN(C)CC1CCCN1c1cc2nc(Cc3cc(CNC(=O)C(C)(C)C)ccc3Cl)[nH]c2cc1Cl. The van der Waals surface area contributed by atoms with Crippen LogP contribution in [0.25, 0.3) is 11.0 Å². The molecule has 1 aliphatic rings. The predicted octanol–water partition coefficient (Wildman–Crippen LogP) is 5.65. The first-order valence-corrected chi connectivity index (χ1v) is 12.9. The summed E-state index contributed by atoms with van der Waals surface area (Å²) in [7, 11) is 4.22. The van der Waals surface area contributed by atoms with E-state index in [1.165, 1.54) is 12.8 Å². The van der Waals surface area contributed by atoms with Crippen LogP contribution in [0.4, 0.5) is 5.69 Å². The molecule has 0 radical (unpaired) electrons. The van der Waals surface area contributed by atoms with Crippen molar-refractivity contribution in [2.75, 3.05) is 32.1 Å². The molecule has 1 amide bonds. The number of hydrogen-bond donors (Lipinski definition) is 2. The molecule has 1 saturated heterocycles. The summed E-state index contributed by atoms with van der Waals surface area (Å²) in [6.07, 6.45) is 2.90. The highest BCUT2D eigenvalue weighted by Gasteiger charge is 2.27. The fourth-order valence-corrected chi connectivity index (χ4v) is 5.10. The van der Waals surface area contributed by atoms with Crippen molar-refractivity contribution in [3.05, 3.63) is 57.3 Å². The molecule has 1 fully saturated rings. The molecule has 8 heteroatoms. The third-order valence-electron chi connectivity index (χ3n) is 6.46. The lowest BCUT2D eigenvalue weighted by molar-refractivity contribution is -0.128. The average molecular weight is 517 g/mol. The Bertz CT molecular complexity index is 1210. The van der Waals surface area contributed by atoms with E-state index in [9.17, 15) is 4.79 Å². The van der Waals surface area contributed by atoms with Crippen molar-refractivity contribution in [2.45, 2.75) is 52.6 Å². The summed E-state index contributed by atoms with van der Waals surface area (Å²) in [6.45, 7) is 8.19. The first-order chi connectivity index (χ1) is 16.5. The van der Waals surface area contributed by atoms with Crippen molar-refractivity contribution in [3.63, 3.8) is 0 Å². The van der Waals surface area contributed by atoms with Crippen LogP contribution in [-0.4, -0.2) is 54.0 Å². The Balaban J connectivity index is 1.54. The van der Waals surface area contributed by atoms with Crippen LogP contribution in [0.5, 0.6) is 0 Å². The van der Waals surface area contributed by atoms with Crippen LogP contribution >= 0.6 is 23.2 Å². The highest BCUT2D eigenvalue weighted by Crippen LogP contribution is 2.35. The van der Waals surface area contributed by atoms with Crippen LogP contribution in [-0.2, 0) is 17.8 Å². The quantitative estimate of drug-likeness (QED) is 0.426. The number of carbonyl (C=O) groups is 1. The standard InChI is InChI=1S/C27H35Cl2N5O/c1-27(2,3)26(35)30-15-17-8-9-20(28)18(11-17)12-25-31-22-13-21(29)24(14-23(22)32-25)34-10-6-7-19(34)16-33(4)5/h8-9,11,13-14,19H,6-7,10,12,15-16H2,1-5H3,(H,30,35)(H,31,32). The Hall–Kier alpha value is -2.28. The summed E-state index contributed by atoms with van der Waals surface area (Å²) < 4.78 is 0. The van der Waals surface area contributed by atoms with Gasteiger partial charge in [-0.15, -0.1) is 0 Å². The minimum atomic E-state index is -0.425. The first kappa shape index (κ1) is 25.8. The van der Waals surface area contributed by atoms with Gasteiger partial charge < -0.3 is 20.1 Å². The van der Waals surface area contributed by atoms with Crippen molar-refractivity contribution in [1.29, 1.82) is 0 Å². The smallest absolute Gasteiger partial charge is 0.225 e. The molecule has 1 unspecified atom stereocenters. The van der Waals surface area contributed by atoms with Gasteiger partial charge in [-0.05, 0) is 56.3 Å². The highest BCUT2D eigenvalue weighted by atomic mass is 35.5. The molecule has 2 N–H and O–H groups in total. The molecule has 4 rings (SSSR count). The third kappa shape index (κ3) is 6.11. The summed E-state index contributed by atoms with van der Waals surface area (Å²) in [5.41, 5.74) is 4.41. The summed E-state index contributed by atoms with van der Waals surface area (Å²) in [6, 6.07) is 10.4. The van der Waals surface area contributed by atoms with Crippen LogP contribution in [0.2, 0.25) is 10.0 Å². The number of rotatable bonds is 7. The summed E-state index contributed by atoms with van der Waals surface area (Å²) >= 11 is 13.2. The van der Waals surface area contributed by atoms with Gasteiger partial charge in [0.25, 0.3) is 0 Å². The zero-order valence-corrected chi connectivity index (χ0v) is 22.7. The number of amides is 1. The van der Waals surface area contributed by atoms with E-state index in [2.05, 4.69) is 40.3 Å². The monoisotopic (exact) mass is 515 g/mol. The van der Waals surface area contributed by atoms with Gasteiger partial charge in [0.15, 0.2) is 0 Å². The maximum atomic E-state index is 12.2. The Morgan fingerprint density at radius 1 is 1.20 bits per heavy atom. The molecule has 6 nitrogen and oxygen atoms in total. The maximum Gasteiger partial charge on any atom is 0.225 e. The minimum absolute atomic E-state index is 0.0183. The number of aromatic amines is 1. The molecule has 2 heterocycles. The second-order valence-electron chi connectivity index (χ2n) is 10.8. The molecular formula is C27H35Cl2N5O. The van der Waals surface area contributed by atoms with E-state index in [1.807, 2.05) is 45.0 Å². The van der Waals surface area contributed by atoms with E-state index in [-0.39, 0.29) is 5.91 Å². The maximum absolute atomic E-state index is 12.2. The summed E-state index contributed by atoms with van der Waals surface area (Å²) in [4.78, 5) is 25.2. The Morgan fingerprint density at radius 3 is 2.69 bits per heavy atom. The number of nitrogens with one attached hydrogen (secondary N) is 2. The molecule has 1 atom stereocenters. The minimum Gasteiger partial charge on any atom is -0.366 e. The van der Waals surface area contributed by atoms with Crippen molar-refractivity contribution in [1.82, 2.24) is 20.2 Å². The van der Waals surface area contributed by atoms with Crippen molar-refractivity contribution >= 4 is 45.8 Å². The number of aromatic nitrogens is 2. The zero-order valence-electron chi connectivity index (χ0n) is 21.2. The molecule has 0 aliphatic carbocycles. The second kappa shape index (κ2) is 10.4. The number of carbonyl (C=O) groups excluding carboxylic acids is 1. The number of hydrogen-bond acceptors (Lipinski definition) is 4. The lowest BCUT2D eigenvalue weighted by atomic mass is 9.95. The number of imidazole rings is 1. The molecule has 0 spiro atoms. The van der Waals surface area contributed by atoms with Crippen molar-refractivity contribution in [2.24, 2.45) is 5.41 Å². The van der Waals surface area contributed by atoms with Crippen LogP contribution < -0.4 is 10.2 Å². The fourth-order valence-electron chi connectivity index (χ4n) is 4.64. The zero-order chi connectivity index (χ0) is 25.3. The Kier molecular flexibility index (Phi) is 7.65. The largest absolute Gasteiger partial charge is 0.366 e. The van der Waals surface area contributed by atoms with E-state index in [0.29, 0.717) is 24.0 Å². The second-order valence-corrected chi connectivity index (χ2v) is 11.6. The lowest BCUT2D eigenvalue weighted by Crippen LogP contribution is -2.37. The number of H-pyrrole nitrogens is 1. The number of fused-ring (bicyclic) bond motifs is 1. The lowest BCUT2D eigenvalue weighted by Gasteiger charge is -2.29. The van der Waals surface area contributed by atoms with Gasteiger partial charge in [-0.25, -0.2) is 4.98 Å². The van der Waals surface area contributed by atoms with E-state index < -0.39 is 5.41 Å². The number of anilines is 1.